The van der Waals surface area contributed by atoms with Crippen LogP contribution in [0, 0.1) is 6.92 Å². The SMILES string of the molecule is Cc1cc(=O)c(C(=O)N(C)Cc2cccc(Cl)c2)nn1-c1ccccc1C(F)(F)F. The van der Waals surface area contributed by atoms with Crippen LogP contribution in [-0.2, 0) is 12.7 Å². The van der Waals surface area contributed by atoms with Crippen LogP contribution in [0.25, 0.3) is 5.69 Å². The molecule has 5 nitrogen and oxygen atoms in total. The lowest BCUT2D eigenvalue weighted by Crippen LogP contribution is -2.33. The fraction of sp³-hybridized carbons (Fsp3) is 0.190. The number of hydrogen-bond donors (Lipinski definition) is 0. The molecule has 30 heavy (non-hydrogen) atoms. The molecule has 0 aliphatic heterocycles. The Morgan fingerprint density at radius 1 is 1.13 bits per heavy atom. The Morgan fingerprint density at radius 2 is 1.83 bits per heavy atom. The zero-order valence-corrected chi connectivity index (χ0v) is 16.8. The molecule has 0 unspecified atom stereocenters. The van der Waals surface area contributed by atoms with E-state index in [-0.39, 0.29) is 17.9 Å². The summed E-state index contributed by atoms with van der Waals surface area (Å²) < 4.78 is 41.2. The van der Waals surface area contributed by atoms with Crippen molar-refractivity contribution >= 4 is 17.5 Å². The molecular formula is C21H17ClF3N3O2. The van der Waals surface area contributed by atoms with Crippen molar-refractivity contribution in [1.82, 2.24) is 14.7 Å². The Kier molecular flexibility index (Phi) is 5.98. The molecule has 1 heterocycles. The third kappa shape index (κ3) is 4.54. The van der Waals surface area contributed by atoms with Crippen LogP contribution in [0.2, 0.25) is 5.02 Å². The molecule has 0 saturated heterocycles. The Balaban J connectivity index is 2.02. The number of carbonyl (C=O) groups excluding carboxylic acids is 1. The largest absolute Gasteiger partial charge is 0.418 e. The number of nitrogens with zero attached hydrogens (tertiary/aromatic N) is 3. The summed E-state index contributed by atoms with van der Waals surface area (Å²) in [6.07, 6.45) is -4.62. The van der Waals surface area contributed by atoms with Gasteiger partial charge in [-0.3, -0.25) is 9.59 Å². The number of aryl methyl sites for hydroxylation is 1. The third-order valence-electron chi connectivity index (χ3n) is 4.40. The molecule has 0 atom stereocenters. The van der Waals surface area contributed by atoms with Crippen LogP contribution in [0.3, 0.4) is 0 Å². The smallest absolute Gasteiger partial charge is 0.336 e. The van der Waals surface area contributed by atoms with E-state index in [1.165, 1.54) is 37.1 Å². The van der Waals surface area contributed by atoms with Crippen molar-refractivity contribution in [1.29, 1.82) is 0 Å². The Labute approximate surface area is 175 Å². The monoisotopic (exact) mass is 435 g/mol. The highest BCUT2D eigenvalue weighted by Crippen LogP contribution is 2.33. The van der Waals surface area contributed by atoms with E-state index in [0.717, 1.165) is 22.4 Å². The minimum absolute atomic E-state index is 0.146. The molecule has 2 aromatic carbocycles. The van der Waals surface area contributed by atoms with Crippen molar-refractivity contribution in [2.45, 2.75) is 19.6 Å². The zero-order chi connectivity index (χ0) is 22.1. The van der Waals surface area contributed by atoms with Crippen LogP contribution in [0.1, 0.15) is 27.3 Å². The van der Waals surface area contributed by atoms with E-state index in [9.17, 15) is 22.8 Å². The quantitative estimate of drug-likeness (QED) is 0.607. The number of benzene rings is 2. The lowest BCUT2D eigenvalue weighted by molar-refractivity contribution is -0.137. The van der Waals surface area contributed by atoms with Gasteiger partial charge in [0.1, 0.15) is 0 Å². The normalized spacial score (nSPS) is 11.4. The minimum atomic E-state index is -4.62. The lowest BCUT2D eigenvalue weighted by Gasteiger charge is -2.19. The molecule has 0 fully saturated rings. The van der Waals surface area contributed by atoms with Crippen molar-refractivity contribution < 1.29 is 18.0 Å². The van der Waals surface area contributed by atoms with Crippen molar-refractivity contribution in [2.75, 3.05) is 7.05 Å². The predicted molar refractivity (Wildman–Crippen MR) is 107 cm³/mol. The molecule has 0 radical (unpaired) electrons. The molecule has 1 amide bonds. The van der Waals surface area contributed by atoms with Gasteiger partial charge in [-0.05, 0) is 36.8 Å². The molecule has 3 aromatic rings. The molecule has 0 N–H and O–H groups in total. The minimum Gasteiger partial charge on any atom is -0.336 e. The average Bonchev–Trinajstić information content (AvgIpc) is 2.67. The number of halogens is 4. The topological polar surface area (TPSA) is 55.2 Å². The summed E-state index contributed by atoms with van der Waals surface area (Å²) in [6.45, 7) is 1.60. The summed E-state index contributed by atoms with van der Waals surface area (Å²) in [5.41, 5.74) is -1.43. The number of aromatic nitrogens is 2. The maximum Gasteiger partial charge on any atom is 0.418 e. The fourth-order valence-electron chi connectivity index (χ4n) is 3.00. The summed E-state index contributed by atoms with van der Waals surface area (Å²) in [4.78, 5) is 26.5. The molecule has 0 bridgehead atoms. The predicted octanol–water partition coefficient (Wildman–Crippen LogP) is 4.49. The van der Waals surface area contributed by atoms with Gasteiger partial charge in [-0.25, -0.2) is 4.68 Å². The van der Waals surface area contributed by atoms with Gasteiger partial charge in [0.2, 0.25) is 5.43 Å². The number of alkyl halides is 3. The van der Waals surface area contributed by atoms with Gasteiger partial charge in [-0.2, -0.15) is 18.3 Å². The van der Waals surface area contributed by atoms with Gasteiger partial charge in [0, 0.05) is 30.4 Å². The van der Waals surface area contributed by atoms with Gasteiger partial charge in [0.05, 0.1) is 11.3 Å². The first kappa shape index (κ1) is 21.6. The van der Waals surface area contributed by atoms with Gasteiger partial charge in [-0.15, -0.1) is 0 Å². The van der Waals surface area contributed by atoms with E-state index in [1.54, 1.807) is 24.3 Å². The van der Waals surface area contributed by atoms with Crippen LogP contribution in [0.5, 0.6) is 0 Å². The summed E-state index contributed by atoms with van der Waals surface area (Å²) in [5.74, 6) is -0.710. The third-order valence-corrected chi connectivity index (χ3v) is 4.64. The van der Waals surface area contributed by atoms with Crippen LogP contribution >= 0.6 is 11.6 Å². The summed E-state index contributed by atoms with van der Waals surface area (Å²) in [7, 11) is 1.47. The molecule has 3 rings (SSSR count). The maximum atomic E-state index is 13.4. The Morgan fingerprint density at radius 3 is 2.50 bits per heavy atom. The number of amides is 1. The van der Waals surface area contributed by atoms with Gasteiger partial charge in [0.15, 0.2) is 5.69 Å². The van der Waals surface area contributed by atoms with Crippen molar-refractivity contribution in [2.24, 2.45) is 0 Å². The van der Waals surface area contributed by atoms with Crippen LogP contribution < -0.4 is 5.43 Å². The molecule has 156 valence electrons. The number of hydrogen-bond acceptors (Lipinski definition) is 3. The summed E-state index contributed by atoms with van der Waals surface area (Å²) in [5, 5.41) is 4.48. The van der Waals surface area contributed by atoms with E-state index >= 15 is 0 Å². The fourth-order valence-corrected chi connectivity index (χ4v) is 3.21. The maximum absolute atomic E-state index is 13.4. The highest BCUT2D eigenvalue weighted by molar-refractivity contribution is 6.30. The molecule has 9 heteroatoms. The summed E-state index contributed by atoms with van der Waals surface area (Å²) in [6, 6.07) is 12.8. The van der Waals surface area contributed by atoms with Gasteiger partial charge in [0.25, 0.3) is 5.91 Å². The molecule has 0 spiro atoms. The van der Waals surface area contributed by atoms with Gasteiger partial charge >= 0.3 is 6.18 Å². The van der Waals surface area contributed by atoms with Crippen LogP contribution in [-0.4, -0.2) is 27.6 Å². The van der Waals surface area contributed by atoms with Crippen molar-refractivity contribution in [3.63, 3.8) is 0 Å². The van der Waals surface area contributed by atoms with Gasteiger partial charge in [-0.1, -0.05) is 35.9 Å². The molecule has 0 aliphatic carbocycles. The number of rotatable bonds is 4. The second kappa shape index (κ2) is 8.31. The van der Waals surface area contributed by atoms with Crippen molar-refractivity contribution in [3.05, 3.63) is 92.4 Å². The average molecular weight is 436 g/mol. The van der Waals surface area contributed by atoms with E-state index in [1.807, 2.05) is 0 Å². The van der Waals surface area contributed by atoms with Crippen LogP contribution in [0.15, 0.2) is 59.4 Å². The van der Waals surface area contributed by atoms with Crippen molar-refractivity contribution in [3.8, 4) is 5.69 Å². The first-order valence-electron chi connectivity index (χ1n) is 8.85. The molecular weight excluding hydrogens is 419 g/mol. The van der Waals surface area contributed by atoms with E-state index in [0.29, 0.717) is 5.02 Å². The Hall–Kier alpha value is -3.13. The molecule has 0 saturated carbocycles. The lowest BCUT2D eigenvalue weighted by atomic mass is 10.1. The highest BCUT2D eigenvalue weighted by Gasteiger charge is 2.34. The molecule has 1 aromatic heterocycles. The Bertz CT molecular complexity index is 1160. The van der Waals surface area contributed by atoms with E-state index < -0.39 is 28.8 Å². The van der Waals surface area contributed by atoms with Crippen LogP contribution in [0.4, 0.5) is 13.2 Å². The molecule has 0 aliphatic rings. The first-order valence-corrected chi connectivity index (χ1v) is 9.23. The highest BCUT2D eigenvalue weighted by atomic mass is 35.5. The van der Waals surface area contributed by atoms with E-state index in [4.69, 9.17) is 11.6 Å². The van der Waals surface area contributed by atoms with E-state index in [2.05, 4.69) is 5.10 Å². The van der Waals surface area contributed by atoms with Gasteiger partial charge < -0.3 is 4.90 Å². The zero-order valence-electron chi connectivity index (χ0n) is 16.1. The standard InChI is InChI=1S/C21H17ClF3N3O2/c1-13-10-18(29)19(20(30)27(2)12-14-6-5-7-15(22)11-14)26-28(13)17-9-4-3-8-16(17)21(23,24)25/h3-11H,12H2,1-2H3. The summed E-state index contributed by atoms with van der Waals surface area (Å²) >= 11 is 5.95. The number of carbonyl (C=O) groups is 1. The number of para-hydroxylation sites is 1. The second-order valence-corrected chi connectivity index (χ2v) is 7.15. The second-order valence-electron chi connectivity index (χ2n) is 6.72. The first-order chi connectivity index (χ1) is 14.1.